The van der Waals surface area contributed by atoms with Gasteiger partial charge in [0.25, 0.3) is 0 Å². The van der Waals surface area contributed by atoms with Crippen molar-refractivity contribution in [3.8, 4) is 6.07 Å². The van der Waals surface area contributed by atoms with Gasteiger partial charge in [0, 0.05) is 0 Å². The van der Waals surface area contributed by atoms with Gasteiger partial charge in [-0.3, -0.25) is 0 Å². The van der Waals surface area contributed by atoms with E-state index in [9.17, 15) is 4.39 Å². The van der Waals surface area contributed by atoms with Gasteiger partial charge in [-0.2, -0.15) is 5.26 Å². The average molecular weight is 223 g/mol. The van der Waals surface area contributed by atoms with E-state index in [4.69, 9.17) is 9.69 Å². The van der Waals surface area contributed by atoms with Crippen LogP contribution in [0.25, 0.3) is 0 Å². The van der Waals surface area contributed by atoms with Crippen molar-refractivity contribution in [2.24, 2.45) is 0 Å². The Morgan fingerprint density at radius 3 is 2.60 bits per heavy atom. The van der Waals surface area contributed by atoms with E-state index in [1.807, 2.05) is 6.07 Å². The quantitative estimate of drug-likeness (QED) is 0.738. The van der Waals surface area contributed by atoms with Crippen LogP contribution in [-0.2, 0) is 11.0 Å². The standard InChI is InChI=1S/C11H14FNOSi/c1-15(2,3)14-8-10-6-11(12)5-4-9(10)7-13/h4-6H,8H2,1-3H3. The molecule has 1 rings (SSSR count). The third-order valence-corrected chi connectivity index (χ3v) is 2.86. The Morgan fingerprint density at radius 2 is 2.07 bits per heavy atom. The Balaban J connectivity index is 2.85. The van der Waals surface area contributed by atoms with E-state index in [2.05, 4.69) is 19.6 Å². The number of nitriles is 1. The van der Waals surface area contributed by atoms with Crippen LogP contribution in [0.1, 0.15) is 11.1 Å². The van der Waals surface area contributed by atoms with Crippen LogP contribution in [0, 0.1) is 17.1 Å². The maximum absolute atomic E-state index is 12.9. The smallest absolute Gasteiger partial charge is 0.184 e. The third kappa shape index (κ3) is 3.82. The van der Waals surface area contributed by atoms with E-state index in [-0.39, 0.29) is 5.82 Å². The summed E-state index contributed by atoms with van der Waals surface area (Å²) in [6, 6.07) is 6.16. The maximum atomic E-state index is 12.9. The Labute approximate surface area is 90.4 Å². The summed E-state index contributed by atoms with van der Waals surface area (Å²) in [4.78, 5) is 0. The predicted molar refractivity (Wildman–Crippen MR) is 59.3 cm³/mol. The molecule has 0 aliphatic heterocycles. The van der Waals surface area contributed by atoms with Gasteiger partial charge in [0.15, 0.2) is 8.32 Å². The van der Waals surface area contributed by atoms with Crippen molar-refractivity contribution in [1.82, 2.24) is 0 Å². The van der Waals surface area contributed by atoms with Crippen molar-refractivity contribution in [2.45, 2.75) is 26.2 Å². The summed E-state index contributed by atoms with van der Waals surface area (Å²) in [5.74, 6) is -0.330. The number of nitrogens with zero attached hydrogens (tertiary/aromatic N) is 1. The minimum absolute atomic E-state index is 0.316. The molecule has 0 saturated carbocycles. The van der Waals surface area contributed by atoms with Crippen LogP contribution >= 0.6 is 0 Å². The second-order valence-electron chi connectivity index (χ2n) is 4.31. The molecule has 0 bridgehead atoms. The lowest BCUT2D eigenvalue weighted by Gasteiger charge is -2.17. The van der Waals surface area contributed by atoms with Crippen molar-refractivity contribution >= 4 is 8.32 Å². The fourth-order valence-electron chi connectivity index (χ4n) is 1.09. The number of benzene rings is 1. The molecule has 0 fully saturated rings. The predicted octanol–water partition coefficient (Wildman–Crippen LogP) is 3.05. The summed E-state index contributed by atoms with van der Waals surface area (Å²) in [5, 5.41) is 8.82. The molecule has 0 saturated heterocycles. The molecular formula is C11H14FNOSi. The van der Waals surface area contributed by atoms with Gasteiger partial charge >= 0.3 is 0 Å². The fourth-order valence-corrected chi connectivity index (χ4v) is 1.67. The molecule has 0 atom stereocenters. The lowest BCUT2D eigenvalue weighted by atomic mass is 10.1. The zero-order valence-electron chi connectivity index (χ0n) is 9.17. The molecule has 0 unspecified atom stereocenters. The number of hydrogen-bond acceptors (Lipinski definition) is 2. The SMILES string of the molecule is C[Si](C)(C)OCc1cc(F)ccc1C#N. The number of rotatable bonds is 3. The van der Waals surface area contributed by atoms with Gasteiger partial charge in [0.1, 0.15) is 5.82 Å². The molecule has 0 N–H and O–H groups in total. The van der Waals surface area contributed by atoms with E-state index in [1.54, 1.807) is 0 Å². The second kappa shape index (κ2) is 4.56. The molecule has 15 heavy (non-hydrogen) atoms. The third-order valence-electron chi connectivity index (χ3n) is 1.85. The fraction of sp³-hybridized carbons (Fsp3) is 0.364. The summed E-state index contributed by atoms with van der Waals surface area (Å²) in [6.07, 6.45) is 0. The van der Waals surface area contributed by atoms with Crippen LogP contribution in [0.2, 0.25) is 19.6 Å². The highest BCUT2D eigenvalue weighted by atomic mass is 28.4. The minimum Gasteiger partial charge on any atom is -0.413 e. The molecule has 0 aliphatic carbocycles. The molecule has 0 aromatic heterocycles. The monoisotopic (exact) mass is 223 g/mol. The Hall–Kier alpha value is -1.18. The number of halogens is 1. The first-order valence-electron chi connectivity index (χ1n) is 4.75. The maximum Gasteiger partial charge on any atom is 0.184 e. The average Bonchev–Trinajstić information content (AvgIpc) is 2.14. The molecule has 1 aromatic rings. The molecule has 0 spiro atoms. The molecule has 0 heterocycles. The highest BCUT2D eigenvalue weighted by Crippen LogP contribution is 2.14. The van der Waals surface area contributed by atoms with Crippen LogP contribution in [0.15, 0.2) is 18.2 Å². The largest absolute Gasteiger partial charge is 0.413 e. The summed E-state index contributed by atoms with van der Waals surface area (Å²) in [6.45, 7) is 6.48. The molecular weight excluding hydrogens is 209 g/mol. The van der Waals surface area contributed by atoms with Crippen molar-refractivity contribution < 1.29 is 8.82 Å². The van der Waals surface area contributed by atoms with Gasteiger partial charge in [-0.1, -0.05) is 0 Å². The number of hydrogen-bond donors (Lipinski definition) is 0. The summed E-state index contributed by atoms with van der Waals surface area (Å²) in [7, 11) is -1.62. The topological polar surface area (TPSA) is 33.0 Å². The second-order valence-corrected chi connectivity index (χ2v) is 8.83. The highest BCUT2D eigenvalue weighted by Gasteiger charge is 2.15. The van der Waals surface area contributed by atoms with Gasteiger partial charge < -0.3 is 4.43 Å². The minimum atomic E-state index is -1.62. The molecule has 0 radical (unpaired) electrons. The molecule has 80 valence electrons. The van der Waals surface area contributed by atoms with Crippen LogP contribution < -0.4 is 0 Å². The van der Waals surface area contributed by atoms with E-state index >= 15 is 0 Å². The Morgan fingerprint density at radius 1 is 1.40 bits per heavy atom. The van der Waals surface area contributed by atoms with Crippen molar-refractivity contribution in [2.75, 3.05) is 0 Å². The summed E-state index contributed by atoms with van der Waals surface area (Å²) < 4.78 is 18.6. The zero-order valence-corrected chi connectivity index (χ0v) is 10.2. The van der Waals surface area contributed by atoms with Crippen molar-refractivity contribution in [1.29, 1.82) is 5.26 Å². The van der Waals surface area contributed by atoms with Gasteiger partial charge in [-0.25, -0.2) is 4.39 Å². The van der Waals surface area contributed by atoms with Crippen LogP contribution in [0.4, 0.5) is 4.39 Å². The zero-order chi connectivity index (χ0) is 11.5. The van der Waals surface area contributed by atoms with E-state index in [0.717, 1.165) is 0 Å². The molecule has 1 aromatic carbocycles. The first kappa shape index (κ1) is 11.9. The van der Waals surface area contributed by atoms with Crippen molar-refractivity contribution in [3.63, 3.8) is 0 Å². The highest BCUT2D eigenvalue weighted by molar-refractivity contribution is 6.69. The Bertz CT molecular complexity index is 393. The molecule has 2 nitrogen and oxygen atoms in total. The molecule has 0 amide bonds. The van der Waals surface area contributed by atoms with Crippen LogP contribution in [0.5, 0.6) is 0 Å². The van der Waals surface area contributed by atoms with Gasteiger partial charge in [-0.05, 0) is 43.4 Å². The van der Waals surface area contributed by atoms with E-state index in [0.29, 0.717) is 17.7 Å². The summed E-state index contributed by atoms with van der Waals surface area (Å²) in [5.41, 5.74) is 1.11. The summed E-state index contributed by atoms with van der Waals surface area (Å²) >= 11 is 0. The van der Waals surface area contributed by atoms with Gasteiger partial charge in [0.2, 0.25) is 0 Å². The van der Waals surface area contributed by atoms with Crippen molar-refractivity contribution in [3.05, 3.63) is 35.1 Å². The lowest BCUT2D eigenvalue weighted by molar-refractivity contribution is 0.298. The first-order chi connectivity index (χ1) is 6.92. The van der Waals surface area contributed by atoms with E-state index < -0.39 is 8.32 Å². The van der Waals surface area contributed by atoms with E-state index in [1.165, 1.54) is 18.2 Å². The normalized spacial score (nSPS) is 11.1. The van der Waals surface area contributed by atoms with Crippen LogP contribution in [0.3, 0.4) is 0 Å². The molecule has 0 aliphatic rings. The Kier molecular flexibility index (Phi) is 3.61. The van der Waals surface area contributed by atoms with Crippen LogP contribution in [-0.4, -0.2) is 8.32 Å². The van der Waals surface area contributed by atoms with Gasteiger partial charge in [-0.15, -0.1) is 0 Å². The lowest BCUT2D eigenvalue weighted by Crippen LogP contribution is -2.25. The first-order valence-corrected chi connectivity index (χ1v) is 8.16. The molecule has 4 heteroatoms. The van der Waals surface area contributed by atoms with Gasteiger partial charge in [0.05, 0.1) is 18.2 Å².